The lowest BCUT2D eigenvalue weighted by molar-refractivity contribution is -0.120. The number of methoxy groups -OCH3 is 1. The number of halogens is 2. The number of alkyl halides is 2. The molecule has 0 radical (unpaired) electrons. The summed E-state index contributed by atoms with van der Waals surface area (Å²) in [7, 11) is 1.28. The van der Waals surface area contributed by atoms with E-state index in [4.69, 9.17) is 4.74 Å². The molecule has 3 rings (SSSR count). The van der Waals surface area contributed by atoms with Gasteiger partial charge in [-0.15, -0.1) is 0 Å². The fourth-order valence-electron chi connectivity index (χ4n) is 3.92. The molecule has 2 amide bonds. The topological polar surface area (TPSA) is 79.9 Å². The van der Waals surface area contributed by atoms with E-state index in [0.717, 1.165) is 25.2 Å². The molecule has 1 aliphatic rings. The van der Waals surface area contributed by atoms with Crippen LogP contribution in [0.4, 0.5) is 8.78 Å². The zero-order chi connectivity index (χ0) is 24.3. The number of rotatable bonds is 10. The first-order valence-electron chi connectivity index (χ1n) is 11.4. The summed E-state index contributed by atoms with van der Waals surface area (Å²) in [5, 5.41) is 5.32. The highest BCUT2D eigenvalue weighted by molar-refractivity contribution is 5.97. The van der Waals surface area contributed by atoms with Crippen molar-refractivity contribution in [2.75, 3.05) is 26.7 Å². The van der Waals surface area contributed by atoms with Gasteiger partial charge in [-0.25, -0.2) is 0 Å². The molecule has 2 aromatic carbocycles. The van der Waals surface area contributed by atoms with Crippen molar-refractivity contribution in [1.29, 1.82) is 0 Å². The molecule has 7 nitrogen and oxygen atoms in total. The largest absolute Gasteiger partial charge is 0.493 e. The van der Waals surface area contributed by atoms with Crippen LogP contribution in [0.5, 0.6) is 11.5 Å². The molecule has 0 aliphatic carbocycles. The smallest absolute Gasteiger partial charge is 0.387 e. The van der Waals surface area contributed by atoms with Crippen molar-refractivity contribution in [2.45, 2.75) is 45.4 Å². The van der Waals surface area contributed by atoms with Gasteiger partial charge >= 0.3 is 6.61 Å². The lowest BCUT2D eigenvalue weighted by atomic mass is 10.1. The molecule has 0 saturated carbocycles. The second-order valence-electron chi connectivity index (χ2n) is 8.21. The summed E-state index contributed by atoms with van der Waals surface area (Å²) in [6.45, 7) is 0.276. The summed E-state index contributed by atoms with van der Waals surface area (Å²) in [5.41, 5.74) is 2.37. The first kappa shape index (κ1) is 25.4. The van der Waals surface area contributed by atoms with Gasteiger partial charge in [-0.3, -0.25) is 14.5 Å². The minimum atomic E-state index is -3.01. The van der Waals surface area contributed by atoms with Crippen LogP contribution < -0.4 is 20.1 Å². The van der Waals surface area contributed by atoms with E-state index in [2.05, 4.69) is 32.4 Å². The maximum absolute atomic E-state index is 12.4. The highest BCUT2D eigenvalue weighted by Crippen LogP contribution is 2.29. The van der Waals surface area contributed by atoms with Crippen LogP contribution >= 0.6 is 0 Å². The lowest BCUT2D eigenvalue weighted by Crippen LogP contribution is -2.36. The summed E-state index contributed by atoms with van der Waals surface area (Å²) in [6, 6.07) is 12.0. The molecule has 0 unspecified atom stereocenters. The maximum atomic E-state index is 12.4. The Kier molecular flexibility index (Phi) is 9.63. The molecule has 1 heterocycles. The fourth-order valence-corrected chi connectivity index (χ4v) is 3.92. The van der Waals surface area contributed by atoms with E-state index in [0.29, 0.717) is 6.54 Å². The van der Waals surface area contributed by atoms with Crippen LogP contribution in [0.1, 0.15) is 47.2 Å². The SMILES string of the molecule is COc1cc(C(=O)NCC(=O)NCc2cccc(CN3CCCCCC3)c2)ccc1OC(F)F. The van der Waals surface area contributed by atoms with E-state index in [-0.39, 0.29) is 29.5 Å². The van der Waals surface area contributed by atoms with Crippen molar-refractivity contribution in [3.05, 3.63) is 59.2 Å². The summed E-state index contributed by atoms with van der Waals surface area (Å²) < 4.78 is 34.2. The van der Waals surface area contributed by atoms with Gasteiger partial charge in [-0.2, -0.15) is 8.78 Å². The first-order valence-corrected chi connectivity index (χ1v) is 11.4. The van der Waals surface area contributed by atoms with Gasteiger partial charge in [-0.05, 0) is 55.3 Å². The molecule has 0 bridgehead atoms. The van der Waals surface area contributed by atoms with Gasteiger partial charge < -0.3 is 20.1 Å². The molecule has 0 spiro atoms. The Labute approximate surface area is 198 Å². The van der Waals surface area contributed by atoms with Gasteiger partial charge in [0.05, 0.1) is 13.7 Å². The van der Waals surface area contributed by atoms with Crippen molar-refractivity contribution < 1.29 is 27.8 Å². The molecule has 9 heteroatoms. The molecular formula is C25H31F2N3O4. The third kappa shape index (κ3) is 7.98. The van der Waals surface area contributed by atoms with Crippen molar-refractivity contribution in [1.82, 2.24) is 15.5 Å². The molecule has 0 aromatic heterocycles. The maximum Gasteiger partial charge on any atom is 0.387 e. The van der Waals surface area contributed by atoms with Gasteiger partial charge in [0.15, 0.2) is 11.5 Å². The third-order valence-corrected chi connectivity index (χ3v) is 5.64. The summed E-state index contributed by atoms with van der Waals surface area (Å²) in [5.74, 6) is -1.05. The Hall–Kier alpha value is -3.20. The average Bonchev–Trinajstić information content (AvgIpc) is 3.10. The molecule has 0 atom stereocenters. The van der Waals surface area contributed by atoms with Crippen molar-refractivity contribution >= 4 is 11.8 Å². The van der Waals surface area contributed by atoms with Crippen LogP contribution in [0.2, 0.25) is 0 Å². The minimum Gasteiger partial charge on any atom is -0.493 e. The second-order valence-corrected chi connectivity index (χ2v) is 8.21. The van der Waals surface area contributed by atoms with Crippen molar-refractivity contribution in [2.24, 2.45) is 0 Å². The standard InChI is InChI=1S/C25H31F2N3O4/c1-33-22-14-20(9-10-21(22)34-25(26)27)24(32)29-16-23(31)28-15-18-7-6-8-19(13-18)17-30-11-4-2-3-5-12-30/h6-10,13-14,25H,2-5,11-12,15-17H2,1H3,(H,28,31)(H,29,32). The third-order valence-electron chi connectivity index (χ3n) is 5.64. The number of carbonyl (C=O) groups excluding carboxylic acids is 2. The Morgan fingerprint density at radius 1 is 0.971 bits per heavy atom. The van der Waals surface area contributed by atoms with Crippen LogP contribution in [-0.2, 0) is 17.9 Å². The minimum absolute atomic E-state index is 0.00235. The Bertz CT molecular complexity index is 963. The van der Waals surface area contributed by atoms with Gasteiger partial charge in [0.1, 0.15) is 0 Å². The van der Waals surface area contributed by atoms with Crippen molar-refractivity contribution in [3.63, 3.8) is 0 Å². The molecule has 1 fully saturated rings. The van der Waals surface area contributed by atoms with Crippen LogP contribution in [0.25, 0.3) is 0 Å². The van der Waals surface area contributed by atoms with E-state index < -0.39 is 12.5 Å². The number of ether oxygens (including phenoxy) is 2. The number of hydrogen-bond acceptors (Lipinski definition) is 5. The van der Waals surface area contributed by atoms with Crippen LogP contribution in [-0.4, -0.2) is 50.1 Å². The van der Waals surface area contributed by atoms with Gasteiger partial charge in [0.2, 0.25) is 5.91 Å². The number of nitrogens with one attached hydrogen (secondary N) is 2. The number of hydrogen-bond donors (Lipinski definition) is 2. The predicted octanol–water partition coefficient (Wildman–Crippen LogP) is 3.72. The quantitative estimate of drug-likeness (QED) is 0.548. The van der Waals surface area contributed by atoms with E-state index in [1.165, 1.54) is 56.6 Å². The molecule has 1 aliphatic heterocycles. The Balaban J connectivity index is 1.46. The monoisotopic (exact) mass is 475 g/mol. The number of amides is 2. The number of nitrogens with zero attached hydrogens (tertiary/aromatic N) is 1. The first-order chi connectivity index (χ1) is 16.4. The lowest BCUT2D eigenvalue weighted by Gasteiger charge is -2.20. The van der Waals surface area contributed by atoms with Gasteiger partial charge in [0.25, 0.3) is 5.91 Å². The summed E-state index contributed by atoms with van der Waals surface area (Å²) in [4.78, 5) is 27.0. The van der Waals surface area contributed by atoms with E-state index in [9.17, 15) is 18.4 Å². The van der Waals surface area contributed by atoms with E-state index in [1.807, 2.05) is 12.1 Å². The highest BCUT2D eigenvalue weighted by Gasteiger charge is 2.15. The average molecular weight is 476 g/mol. The molecular weight excluding hydrogens is 444 g/mol. The van der Waals surface area contributed by atoms with Crippen LogP contribution in [0.3, 0.4) is 0 Å². The van der Waals surface area contributed by atoms with E-state index in [1.54, 1.807) is 0 Å². The van der Waals surface area contributed by atoms with Gasteiger partial charge in [0, 0.05) is 18.7 Å². The normalized spacial score (nSPS) is 14.4. The summed E-state index contributed by atoms with van der Waals surface area (Å²) >= 11 is 0. The van der Waals surface area contributed by atoms with Crippen LogP contribution in [0, 0.1) is 0 Å². The zero-order valence-corrected chi connectivity index (χ0v) is 19.3. The van der Waals surface area contributed by atoms with Gasteiger partial charge in [-0.1, -0.05) is 37.1 Å². The molecule has 1 saturated heterocycles. The number of benzene rings is 2. The van der Waals surface area contributed by atoms with E-state index >= 15 is 0 Å². The number of likely N-dealkylation sites (tertiary alicyclic amines) is 1. The van der Waals surface area contributed by atoms with Crippen LogP contribution in [0.15, 0.2) is 42.5 Å². The molecule has 184 valence electrons. The highest BCUT2D eigenvalue weighted by atomic mass is 19.3. The Morgan fingerprint density at radius 3 is 2.41 bits per heavy atom. The Morgan fingerprint density at radius 2 is 1.71 bits per heavy atom. The van der Waals surface area contributed by atoms with Crippen molar-refractivity contribution in [3.8, 4) is 11.5 Å². The number of carbonyl (C=O) groups is 2. The zero-order valence-electron chi connectivity index (χ0n) is 19.3. The molecule has 2 N–H and O–H groups in total. The molecule has 2 aromatic rings. The second kappa shape index (κ2) is 12.9. The summed E-state index contributed by atoms with van der Waals surface area (Å²) in [6.07, 6.45) is 5.07. The fraction of sp³-hybridized carbons (Fsp3) is 0.440. The predicted molar refractivity (Wildman–Crippen MR) is 124 cm³/mol. The molecule has 34 heavy (non-hydrogen) atoms.